The number of hydrogen-bond donors (Lipinski definition) is 2. The van der Waals surface area contributed by atoms with E-state index in [1.54, 1.807) is 0 Å². The molecule has 98 valence electrons. The van der Waals surface area contributed by atoms with Crippen molar-refractivity contribution in [2.24, 2.45) is 13.0 Å². The van der Waals surface area contributed by atoms with Gasteiger partial charge in [-0.05, 0) is 32.7 Å². The van der Waals surface area contributed by atoms with Crippen LogP contribution >= 0.6 is 0 Å². The molecule has 0 fully saturated rings. The van der Waals surface area contributed by atoms with Gasteiger partial charge in [-0.25, -0.2) is 0 Å². The molecule has 0 aliphatic heterocycles. The lowest BCUT2D eigenvalue weighted by Crippen LogP contribution is -2.23. The Morgan fingerprint density at radius 1 is 1.41 bits per heavy atom. The molecule has 0 saturated carbocycles. The van der Waals surface area contributed by atoms with E-state index in [1.807, 2.05) is 11.7 Å². The van der Waals surface area contributed by atoms with Crippen molar-refractivity contribution in [1.29, 1.82) is 0 Å². The Hall–Kier alpha value is -0.870. The Labute approximate surface area is 104 Å². The van der Waals surface area contributed by atoms with Crippen molar-refractivity contribution >= 4 is 0 Å². The first-order chi connectivity index (χ1) is 8.10. The molecule has 1 unspecified atom stereocenters. The van der Waals surface area contributed by atoms with Crippen LogP contribution in [0, 0.1) is 19.8 Å². The van der Waals surface area contributed by atoms with Crippen LogP contribution in [-0.4, -0.2) is 28.0 Å². The topological polar surface area (TPSA) is 50.1 Å². The summed E-state index contributed by atoms with van der Waals surface area (Å²) in [5.41, 5.74) is 3.63. The second-order valence-electron chi connectivity index (χ2n) is 4.69. The lowest BCUT2D eigenvalue weighted by atomic mass is 10.0. The fourth-order valence-corrected chi connectivity index (χ4v) is 2.11. The number of aryl methyl sites for hydroxylation is 2. The standard InChI is InChI=1S/C13H25N3O/c1-5-12(6-7-17)8-14-9-13-10(2)15-16(4)11(13)3/h12,14,17H,5-9H2,1-4H3. The molecule has 0 aliphatic carbocycles. The third-order valence-electron chi connectivity index (χ3n) is 3.51. The highest BCUT2D eigenvalue weighted by atomic mass is 16.3. The van der Waals surface area contributed by atoms with Crippen LogP contribution in [-0.2, 0) is 13.6 Å². The van der Waals surface area contributed by atoms with Crippen molar-refractivity contribution in [2.75, 3.05) is 13.2 Å². The monoisotopic (exact) mass is 239 g/mol. The second-order valence-corrected chi connectivity index (χ2v) is 4.69. The molecular weight excluding hydrogens is 214 g/mol. The maximum Gasteiger partial charge on any atom is 0.0641 e. The lowest BCUT2D eigenvalue weighted by Gasteiger charge is -2.14. The van der Waals surface area contributed by atoms with Crippen LogP contribution in [0.25, 0.3) is 0 Å². The first-order valence-corrected chi connectivity index (χ1v) is 6.40. The smallest absolute Gasteiger partial charge is 0.0641 e. The van der Waals surface area contributed by atoms with E-state index in [9.17, 15) is 0 Å². The van der Waals surface area contributed by atoms with Crippen molar-refractivity contribution in [3.8, 4) is 0 Å². The van der Waals surface area contributed by atoms with Gasteiger partial charge in [-0.1, -0.05) is 13.3 Å². The van der Waals surface area contributed by atoms with Crippen LogP contribution < -0.4 is 5.32 Å². The summed E-state index contributed by atoms with van der Waals surface area (Å²) < 4.78 is 1.93. The molecule has 1 aromatic rings. The van der Waals surface area contributed by atoms with Crippen molar-refractivity contribution in [1.82, 2.24) is 15.1 Å². The molecule has 2 N–H and O–H groups in total. The summed E-state index contributed by atoms with van der Waals surface area (Å²) in [6.45, 7) is 8.43. The molecule has 0 radical (unpaired) electrons. The Morgan fingerprint density at radius 3 is 2.59 bits per heavy atom. The number of rotatable bonds is 7. The summed E-state index contributed by atoms with van der Waals surface area (Å²) in [6.07, 6.45) is 1.99. The maximum atomic E-state index is 8.93. The van der Waals surface area contributed by atoms with Gasteiger partial charge < -0.3 is 10.4 Å². The number of aromatic nitrogens is 2. The van der Waals surface area contributed by atoms with E-state index in [0.717, 1.165) is 31.6 Å². The molecule has 1 rings (SSSR count). The molecule has 0 bridgehead atoms. The van der Waals surface area contributed by atoms with Gasteiger partial charge in [-0.3, -0.25) is 4.68 Å². The van der Waals surface area contributed by atoms with Gasteiger partial charge in [-0.15, -0.1) is 0 Å². The molecule has 4 heteroatoms. The predicted molar refractivity (Wildman–Crippen MR) is 69.9 cm³/mol. The molecule has 0 aliphatic rings. The summed E-state index contributed by atoms with van der Waals surface area (Å²) in [6, 6.07) is 0. The molecule has 17 heavy (non-hydrogen) atoms. The van der Waals surface area contributed by atoms with Crippen LogP contribution in [0.15, 0.2) is 0 Å². The third-order valence-corrected chi connectivity index (χ3v) is 3.51. The molecule has 1 atom stereocenters. The Bertz CT molecular complexity index is 347. The van der Waals surface area contributed by atoms with Crippen LogP contribution in [0.4, 0.5) is 0 Å². The van der Waals surface area contributed by atoms with E-state index < -0.39 is 0 Å². The fraction of sp³-hybridized carbons (Fsp3) is 0.769. The molecular formula is C13H25N3O. The highest BCUT2D eigenvalue weighted by Gasteiger charge is 2.10. The molecule has 1 aromatic heterocycles. The van der Waals surface area contributed by atoms with E-state index in [-0.39, 0.29) is 6.61 Å². The van der Waals surface area contributed by atoms with Gasteiger partial charge in [0.15, 0.2) is 0 Å². The van der Waals surface area contributed by atoms with Crippen LogP contribution in [0.1, 0.15) is 36.7 Å². The molecule has 0 amide bonds. The minimum Gasteiger partial charge on any atom is -0.396 e. The quantitative estimate of drug-likeness (QED) is 0.759. The van der Waals surface area contributed by atoms with Gasteiger partial charge in [0.1, 0.15) is 0 Å². The first-order valence-electron chi connectivity index (χ1n) is 6.40. The summed E-state index contributed by atoms with van der Waals surface area (Å²) >= 11 is 0. The van der Waals surface area contributed by atoms with Gasteiger partial charge >= 0.3 is 0 Å². The second kappa shape index (κ2) is 6.77. The van der Waals surface area contributed by atoms with Gasteiger partial charge in [0.05, 0.1) is 5.69 Å². The number of hydrogen-bond acceptors (Lipinski definition) is 3. The van der Waals surface area contributed by atoms with Crippen molar-refractivity contribution in [2.45, 2.75) is 40.2 Å². The predicted octanol–water partition coefficient (Wildman–Crippen LogP) is 1.54. The Morgan fingerprint density at radius 2 is 2.12 bits per heavy atom. The van der Waals surface area contributed by atoms with Gasteiger partial charge in [0, 0.05) is 31.5 Å². The first kappa shape index (κ1) is 14.2. The van der Waals surface area contributed by atoms with E-state index in [0.29, 0.717) is 5.92 Å². The Balaban J connectivity index is 2.45. The molecule has 0 saturated heterocycles. The maximum absolute atomic E-state index is 8.93. The van der Waals surface area contributed by atoms with Gasteiger partial charge in [0.2, 0.25) is 0 Å². The third kappa shape index (κ3) is 3.82. The Kier molecular flexibility index (Phi) is 5.65. The largest absolute Gasteiger partial charge is 0.396 e. The fourth-order valence-electron chi connectivity index (χ4n) is 2.11. The molecule has 1 heterocycles. The zero-order valence-electron chi connectivity index (χ0n) is 11.5. The number of nitrogens with one attached hydrogen (secondary N) is 1. The molecule has 0 spiro atoms. The number of aliphatic hydroxyl groups excluding tert-OH is 1. The molecule has 4 nitrogen and oxygen atoms in total. The number of aliphatic hydroxyl groups is 1. The zero-order chi connectivity index (χ0) is 12.8. The summed E-state index contributed by atoms with van der Waals surface area (Å²) in [5, 5.41) is 16.8. The SMILES string of the molecule is CCC(CCO)CNCc1c(C)nn(C)c1C. The van der Waals surface area contributed by atoms with Crippen LogP contribution in [0.5, 0.6) is 0 Å². The van der Waals surface area contributed by atoms with E-state index in [4.69, 9.17) is 5.11 Å². The average molecular weight is 239 g/mol. The van der Waals surface area contributed by atoms with E-state index >= 15 is 0 Å². The van der Waals surface area contributed by atoms with Gasteiger partial charge in [-0.2, -0.15) is 5.10 Å². The number of nitrogens with zero attached hydrogens (tertiary/aromatic N) is 2. The normalized spacial score (nSPS) is 13.0. The summed E-state index contributed by atoms with van der Waals surface area (Å²) in [7, 11) is 1.98. The van der Waals surface area contributed by atoms with E-state index in [2.05, 4.69) is 31.2 Å². The van der Waals surface area contributed by atoms with Crippen LogP contribution in [0.3, 0.4) is 0 Å². The lowest BCUT2D eigenvalue weighted by molar-refractivity contribution is 0.251. The van der Waals surface area contributed by atoms with Crippen molar-refractivity contribution in [3.63, 3.8) is 0 Å². The average Bonchev–Trinajstić information content (AvgIpc) is 2.54. The minimum atomic E-state index is 0.283. The minimum absolute atomic E-state index is 0.283. The van der Waals surface area contributed by atoms with Crippen LogP contribution in [0.2, 0.25) is 0 Å². The summed E-state index contributed by atoms with van der Waals surface area (Å²) in [4.78, 5) is 0. The van der Waals surface area contributed by atoms with Crippen molar-refractivity contribution < 1.29 is 5.11 Å². The highest BCUT2D eigenvalue weighted by Crippen LogP contribution is 2.12. The summed E-state index contributed by atoms with van der Waals surface area (Å²) in [5.74, 6) is 0.567. The van der Waals surface area contributed by atoms with Gasteiger partial charge in [0.25, 0.3) is 0 Å². The highest BCUT2D eigenvalue weighted by molar-refractivity contribution is 5.23. The van der Waals surface area contributed by atoms with Crippen molar-refractivity contribution in [3.05, 3.63) is 17.0 Å². The molecule has 0 aromatic carbocycles. The zero-order valence-corrected chi connectivity index (χ0v) is 11.5. The van der Waals surface area contributed by atoms with E-state index in [1.165, 1.54) is 11.3 Å².